The average Bonchev–Trinajstić information content (AvgIpc) is 1.96. The molecule has 0 aromatic heterocycles. The monoisotopic (exact) mass is 170 g/mol. The molecule has 2 N–H and O–H groups in total. The van der Waals surface area contributed by atoms with Crippen LogP contribution in [0.25, 0.3) is 0 Å². The maximum absolute atomic E-state index is 12.7. The molecule has 1 rings (SSSR count). The van der Waals surface area contributed by atoms with E-state index in [9.17, 15) is 9.18 Å². The molecule has 0 spiro atoms. The molecule has 0 aliphatic carbocycles. The number of aryl methyl sites for hydroxylation is 1. The van der Waals surface area contributed by atoms with Crippen molar-refractivity contribution in [1.29, 1.82) is 0 Å². The van der Waals surface area contributed by atoms with Crippen molar-refractivity contribution in [3.8, 4) is 5.75 Å². The number of benzene rings is 1. The molecule has 0 amide bonds. The van der Waals surface area contributed by atoms with E-state index in [2.05, 4.69) is 0 Å². The molecule has 64 valence electrons. The van der Waals surface area contributed by atoms with Gasteiger partial charge in [-0.1, -0.05) is 0 Å². The Bertz CT molecular complexity index is 333. The quantitative estimate of drug-likeness (QED) is 0.672. The van der Waals surface area contributed by atoms with Crippen LogP contribution >= 0.6 is 0 Å². The van der Waals surface area contributed by atoms with Crippen molar-refractivity contribution in [1.82, 2.24) is 0 Å². The number of carboxylic acids is 1. The molecule has 0 fully saturated rings. The van der Waals surface area contributed by atoms with E-state index >= 15 is 0 Å². The predicted octanol–water partition coefficient (Wildman–Crippen LogP) is 1.54. The maximum Gasteiger partial charge on any atom is 0.339 e. The van der Waals surface area contributed by atoms with E-state index in [1.165, 1.54) is 6.07 Å². The van der Waals surface area contributed by atoms with Crippen molar-refractivity contribution in [2.24, 2.45) is 0 Å². The first-order valence-electron chi connectivity index (χ1n) is 3.25. The minimum atomic E-state index is -1.34. The number of phenols is 1. The highest BCUT2D eigenvalue weighted by molar-refractivity contribution is 5.91. The normalized spacial score (nSPS) is 9.83. The summed E-state index contributed by atoms with van der Waals surface area (Å²) < 4.78 is 12.7. The molecule has 3 nitrogen and oxygen atoms in total. The Morgan fingerprint density at radius 3 is 2.58 bits per heavy atom. The van der Waals surface area contributed by atoms with Gasteiger partial charge in [0.15, 0.2) is 11.6 Å². The lowest BCUT2D eigenvalue weighted by molar-refractivity contribution is 0.0692. The first kappa shape index (κ1) is 8.52. The molecule has 0 radical (unpaired) electrons. The summed E-state index contributed by atoms with van der Waals surface area (Å²) in [6, 6.07) is 2.28. The van der Waals surface area contributed by atoms with E-state index in [1.807, 2.05) is 0 Å². The molecule has 0 atom stereocenters. The van der Waals surface area contributed by atoms with E-state index in [1.54, 1.807) is 6.92 Å². The van der Waals surface area contributed by atoms with Crippen molar-refractivity contribution < 1.29 is 19.4 Å². The summed E-state index contributed by atoms with van der Waals surface area (Å²) in [5.74, 6) is -3.06. The van der Waals surface area contributed by atoms with Crippen LogP contribution in [0.1, 0.15) is 15.9 Å². The van der Waals surface area contributed by atoms with Gasteiger partial charge in [-0.2, -0.15) is 0 Å². The maximum atomic E-state index is 12.7. The minimum Gasteiger partial charge on any atom is -0.504 e. The van der Waals surface area contributed by atoms with Gasteiger partial charge in [0.2, 0.25) is 0 Å². The zero-order valence-electron chi connectivity index (χ0n) is 6.34. The lowest BCUT2D eigenvalue weighted by Gasteiger charge is -2.01. The fourth-order valence-corrected chi connectivity index (χ4v) is 0.898. The molecule has 0 heterocycles. The molecule has 12 heavy (non-hydrogen) atoms. The highest BCUT2D eigenvalue weighted by atomic mass is 19.1. The molecule has 0 aliphatic heterocycles. The highest BCUT2D eigenvalue weighted by Crippen LogP contribution is 2.22. The third kappa shape index (κ3) is 1.37. The van der Waals surface area contributed by atoms with Gasteiger partial charge in [-0.15, -0.1) is 0 Å². The largest absolute Gasteiger partial charge is 0.504 e. The lowest BCUT2D eigenvalue weighted by Crippen LogP contribution is -1.98. The molecular weight excluding hydrogens is 163 g/mol. The van der Waals surface area contributed by atoms with E-state index in [0.29, 0.717) is 5.56 Å². The zero-order valence-corrected chi connectivity index (χ0v) is 6.34. The number of hydrogen-bond acceptors (Lipinski definition) is 2. The van der Waals surface area contributed by atoms with E-state index in [4.69, 9.17) is 10.2 Å². The summed E-state index contributed by atoms with van der Waals surface area (Å²) >= 11 is 0. The second-order valence-corrected chi connectivity index (χ2v) is 2.45. The summed E-state index contributed by atoms with van der Waals surface area (Å²) in [7, 11) is 0. The Balaban J connectivity index is 3.37. The molecule has 1 aromatic rings. The first-order chi connectivity index (χ1) is 5.52. The van der Waals surface area contributed by atoms with Crippen molar-refractivity contribution in [3.63, 3.8) is 0 Å². The Kier molecular flexibility index (Phi) is 1.99. The summed E-state index contributed by atoms with van der Waals surface area (Å²) in [4.78, 5) is 10.4. The van der Waals surface area contributed by atoms with Gasteiger partial charge in [-0.25, -0.2) is 9.18 Å². The molecule has 0 unspecified atom stereocenters. The number of rotatable bonds is 1. The van der Waals surface area contributed by atoms with Crippen LogP contribution in [-0.2, 0) is 0 Å². The van der Waals surface area contributed by atoms with Gasteiger partial charge < -0.3 is 10.2 Å². The van der Waals surface area contributed by atoms with Crippen LogP contribution in [0, 0.1) is 12.7 Å². The summed E-state index contributed by atoms with van der Waals surface area (Å²) in [6.45, 7) is 1.55. The minimum absolute atomic E-state index is 0.410. The third-order valence-electron chi connectivity index (χ3n) is 1.44. The number of carbonyl (C=O) groups is 1. The Morgan fingerprint density at radius 1 is 1.50 bits per heavy atom. The Morgan fingerprint density at radius 2 is 2.08 bits per heavy atom. The number of aromatic carboxylic acids is 1. The standard InChI is InChI=1S/C8H7FO3/c1-4-2-5(8(11)12)7(10)6(9)3-4/h2-3,10H,1H3,(H,11,12). The summed E-state index contributed by atoms with van der Waals surface area (Å²) in [5.41, 5.74) is 0.0511. The second-order valence-electron chi connectivity index (χ2n) is 2.45. The lowest BCUT2D eigenvalue weighted by atomic mass is 10.1. The zero-order chi connectivity index (χ0) is 9.30. The molecule has 1 aromatic carbocycles. The molecule has 4 heteroatoms. The topological polar surface area (TPSA) is 57.5 Å². The smallest absolute Gasteiger partial charge is 0.339 e. The van der Waals surface area contributed by atoms with Gasteiger partial charge in [0, 0.05) is 0 Å². The fraction of sp³-hybridized carbons (Fsp3) is 0.125. The summed E-state index contributed by atoms with van der Waals surface area (Å²) in [6.07, 6.45) is 0. The van der Waals surface area contributed by atoms with Crippen LogP contribution in [0.5, 0.6) is 5.75 Å². The predicted molar refractivity (Wildman–Crippen MR) is 39.8 cm³/mol. The van der Waals surface area contributed by atoms with Gasteiger partial charge >= 0.3 is 5.97 Å². The first-order valence-corrected chi connectivity index (χ1v) is 3.25. The van der Waals surface area contributed by atoms with Crippen molar-refractivity contribution >= 4 is 5.97 Å². The number of halogens is 1. The summed E-state index contributed by atoms with van der Waals surface area (Å²) in [5, 5.41) is 17.4. The molecule has 0 aliphatic rings. The van der Waals surface area contributed by atoms with Gasteiger partial charge in [-0.3, -0.25) is 0 Å². The van der Waals surface area contributed by atoms with Crippen molar-refractivity contribution in [2.75, 3.05) is 0 Å². The third-order valence-corrected chi connectivity index (χ3v) is 1.44. The van der Waals surface area contributed by atoms with Crippen LogP contribution in [0.3, 0.4) is 0 Å². The fourth-order valence-electron chi connectivity index (χ4n) is 0.898. The highest BCUT2D eigenvalue weighted by Gasteiger charge is 2.13. The number of aromatic hydroxyl groups is 1. The van der Waals surface area contributed by atoms with Crippen LogP contribution in [-0.4, -0.2) is 16.2 Å². The van der Waals surface area contributed by atoms with Gasteiger partial charge in [0.25, 0.3) is 0 Å². The second kappa shape index (κ2) is 2.81. The number of hydrogen-bond donors (Lipinski definition) is 2. The molecule has 0 bridgehead atoms. The van der Waals surface area contributed by atoms with E-state index in [-0.39, 0.29) is 0 Å². The van der Waals surface area contributed by atoms with Crippen molar-refractivity contribution in [3.05, 3.63) is 29.1 Å². The number of carboxylic acid groups (broad SMARTS) is 1. The SMILES string of the molecule is Cc1cc(F)c(O)c(C(=O)O)c1. The van der Waals surface area contributed by atoms with Crippen LogP contribution in [0.15, 0.2) is 12.1 Å². The van der Waals surface area contributed by atoms with E-state index < -0.39 is 23.1 Å². The van der Waals surface area contributed by atoms with Gasteiger partial charge in [0.1, 0.15) is 5.56 Å². The van der Waals surface area contributed by atoms with Gasteiger partial charge in [0.05, 0.1) is 0 Å². The van der Waals surface area contributed by atoms with Crippen LogP contribution < -0.4 is 0 Å². The Hall–Kier alpha value is -1.58. The van der Waals surface area contributed by atoms with E-state index in [0.717, 1.165) is 6.07 Å². The molecule has 0 saturated heterocycles. The average molecular weight is 170 g/mol. The van der Waals surface area contributed by atoms with Crippen LogP contribution in [0.2, 0.25) is 0 Å². The van der Waals surface area contributed by atoms with Crippen molar-refractivity contribution in [2.45, 2.75) is 6.92 Å². The Labute approximate surface area is 68.1 Å². The molecule has 0 saturated carbocycles. The molecular formula is C8H7FO3. The van der Waals surface area contributed by atoms with Gasteiger partial charge in [-0.05, 0) is 24.6 Å². The van der Waals surface area contributed by atoms with Crippen LogP contribution in [0.4, 0.5) is 4.39 Å².